The smallest absolute Gasteiger partial charge is 0.255 e. The van der Waals surface area contributed by atoms with Gasteiger partial charge in [0.2, 0.25) is 0 Å². The summed E-state index contributed by atoms with van der Waals surface area (Å²) in [5, 5.41) is 0. The van der Waals surface area contributed by atoms with Crippen molar-refractivity contribution in [3.63, 3.8) is 0 Å². The molecule has 0 radical (unpaired) electrons. The number of nitrogens with zero attached hydrogens (tertiary/aromatic N) is 1. The van der Waals surface area contributed by atoms with Crippen molar-refractivity contribution in [3.8, 4) is 0 Å². The van der Waals surface area contributed by atoms with E-state index in [0.29, 0.717) is 12.5 Å². The summed E-state index contributed by atoms with van der Waals surface area (Å²) in [5.74, 6) is 0.783. The van der Waals surface area contributed by atoms with Gasteiger partial charge in [-0.1, -0.05) is 6.92 Å². The van der Waals surface area contributed by atoms with Gasteiger partial charge in [0.15, 0.2) is 0 Å². The predicted molar refractivity (Wildman–Crippen MR) is 75.1 cm³/mol. The highest BCUT2D eigenvalue weighted by atomic mass is 35.5. The largest absolute Gasteiger partial charge is 0.367 e. The monoisotopic (exact) mass is 271 g/mol. The van der Waals surface area contributed by atoms with Crippen LogP contribution in [0.15, 0.2) is 12.4 Å². The van der Waals surface area contributed by atoms with Gasteiger partial charge in [0.05, 0.1) is 5.56 Å². The van der Waals surface area contributed by atoms with Crippen LogP contribution in [0.3, 0.4) is 0 Å². The molecule has 0 aromatic carbocycles. The fourth-order valence-corrected chi connectivity index (χ4v) is 2.57. The van der Waals surface area contributed by atoms with Crippen molar-refractivity contribution in [2.24, 2.45) is 11.7 Å². The van der Waals surface area contributed by atoms with E-state index >= 15 is 0 Å². The van der Waals surface area contributed by atoms with Gasteiger partial charge in [0.25, 0.3) is 5.91 Å². The number of aromatic amines is 1. The molecule has 1 aliphatic rings. The van der Waals surface area contributed by atoms with Crippen LogP contribution in [0.25, 0.3) is 0 Å². The maximum atomic E-state index is 12.4. The molecule has 1 saturated heterocycles. The lowest BCUT2D eigenvalue weighted by Gasteiger charge is -2.38. The number of piperidine rings is 1. The van der Waals surface area contributed by atoms with Gasteiger partial charge >= 0.3 is 0 Å². The normalized spacial score (nSPS) is 23.6. The molecule has 2 atom stereocenters. The molecule has 1 aromatic rings. The first kappa shape index (κ1) is 15.1. The second kappa shape index (κ2) is 6.25. The van der Waals surface area contributed by atoms with E-state index in [1.54, 1.807) is 6.20 Å². The van der Waals surface area contributed by atoms with E-state index in [1.807, 2.05) is 18.0 Å². The molecular weight excluding hydrogens is 250 g/mol. The van der Waals surface area contributed by atoms with E-state index in [1.165, 1.54) is 0 Å². The second-order valence-electron chi connectivity index (χ2n) is 5.07. The number of likely N-dealkylation sites (tertiary alicyclic amines) is 1. The van der Waals surface area contributed by atoms with Gasteiger partial charge in [-0.25, -0.2) is 0 Å². The van der Waals surface area contributed by atoms with Crippen LogP contribution in [0.1, 0.15) is 35.7 Å². The average Bonchev–Trinajstić information content (AvgIpc) is 2.74. The molecule has 0 aliphatic carbocycles. The number of hydrogen-bond donors (Lipinski definition) is 2. The maximum Gasteiger partial charge on any atom is 0.255 e. The molecule has 4 nitrogen and oxygen atoms in total. The third kappa shape index (κ3) is 2.87. The fourth-order valence-electron chi connectivity index (χ4n) is 2.57. The van der Waals surface area contributed by atoms with Crippen molar-refractivity contribution < 1.29 is 4.79 Å². The number of carbonyl (C=O) groups is 1. The molecule has 18 heavy (non-hydrogen) atoms. The SMILES string of the molecule is Cc1c[nH]cc1C(=O)N1CCC(C)CC1CN.Cl. The number of nitrogens with one attached hydrogen (secondary N) is 1. The van der Waals surface area contributed by atoms with E-state index in [2.05, 4.69) is 11.9 Å². The van der Waals surface area contributed by atoms with E-state index < -0.39 is 0 Å². The van der Waals surface area contributed by atoms with Crippen molar-refractivity contribution >= 4 is 18.3 Å². The highest BCUT2D eigenvalue weighted by Gasteiger charge is 2.30. The molecule has 2 rings (SSSR count). The summed E-state index contributed by atoms with van der Waals surface area (Å²) in [6.07, 6.45) is 5.73. The first-order valence-corrected chi connectivity index (χ1v) is 6.28. The maximum absolute atomic E-state index is 12.4. The Kier molecular flexibility index (Phi) is 5.23. The van der Waals surface area contributed by atoms with E-state index in [4.69, 9.17) is 5.73 Å². The molecule has 1 fully saturated rings. The third-order valence-electron chi connectivity index (χ3n) is 3.69. The van der Waals surface area contributed by atoms with Gasteiger partial charge in [-0.15, -0.1) is 12.4 Å². The first-order chi connectivity index (χ1) is 8.13. The Morgan fingerprint density at radius 3 is 2.83 bits per heavy atom. The molecule has 0 bridgehead atoms. The van der Waals surface area contributed by atoms with Gasteiger partial charge < -0.3 is 15.6 Å². The van der Waals surface area contributed by atoms with Crippen LogP contribution in [-0.4, -0.2) is 34.9 Å². The highest BCUT2D eigenvalue weighted by molar-refractivity contribution is 5.95. The standard InChI is InChI=1S/C13H21N3O.ClH/c1-9-3-4-16(11(5-9)6-14)13(17)12-8-15-7-10(12)2;/h7-9,11,15H,3-6,14H2,1-2H3;1H. The molecular formula is C13H22ClN3O. The molecule has 1 aromatic heterocycles. The summed E-state index contributed by atoms with van der Waals surface area (Å²) in [5.41, 5.74) is 7.56. The lowest BCUT2D eigenvalue weighted by atomic mass is 9.92. The number of halogens is 1. The molecule has 5 heteroatoms. The first-order valence-electron chi connectivity index (χ1n) is 6.28. The Labute approximate surface area is 114 Å². The summed E-state index contributed by atoms with van der Waals surface area (Å²) >= 11 is 0. The Bertz CT molecular complexity index is 405. The summed E-state index contributed by atoms with van der Waals surface area (Å²) < 4.78 is 0. The number of aryl methyl sites for hydroxylation is 1. The predicted octanol–water partition coefficient (Wildman–Crippen LogP) is 1.94. The number of rotatable bonds is 2. The minimum Gasteiger partial charge on any atom is -0.367 e. The third-order valence-corrected chi connectivity index (χ3v) is 3.69. The Balaban J connectivity index is 0.00000162. The van der Waals surface area contributed by atoms with E-state index in [9.17, 15) is 4.79 Å². The second-order valence-corrected chi connectivity index (χ2v) is 5.07. The molecule has 2 heterocycles. The van der Waals surface area contributed by atoms with Crippen molar-refractivity contribution in [3.05, 3.63) is 23.5 Å². The quantitative estimate of drug-likeness (QED) is 0.864. The summed E-state index contributed by atoms with van der Waals surface area (Å²) in [6, 6.07) is 0.195. The number of aromatic nitrogens is 1. The zero-order valence-corrected chi connectivity index (χ0v) is 11.8. The average molecular weight is 272 g/mol. The van der Waals surface area contributed by atoms with Crippen LogP contribution in [0.5, 0.6) is 0 Å². The number of carbonyl (C=O) groups excluding carboxylic acids is 1. The molecule has 2 unspecified atom stereocenters. The van der Waals surface area contributed by atoms with Gasteiger partial charge in [-0.05, 0) is 31.2 Å². The minimum atomic E-state index is 0. The summed E-state index contributed by atoms with van der Waals surface area (Å²) in [6.45, 7) is 5.56. The number of hydrogen-bond acceptors (Lipinski definition) is 2. The van der Waals surface area contributed by atoms with Crippen LogP contribution < -0.4 is 5.73 Å². The minimum absolute atomic E-state index is 0. The number of nitrogens with two attached hydrogens (primary N) is 1. The lowest BCUT2D eigenvalue weighted by Crippen LogP contribution is -2.49. The molecule has 3 N–H and O–H groups in total. The topological polar surface area (TPSA) is 62.1 Å². The van der Waals surface area contributed by atoms with E-state index in [0.717, 1.165) is 30.5 Å². The van der Waals surface area contributed by atoms with Crippen LogP contribution in [0, 0.1) is 12.8 Å². The van der Waals surface area contributed by atoms with Crippen molar-refractivity contribution in [2.75, 3.05) is 13.1 Å². The van der Waals surface area contributed by atoms with Crippen molar-refractivity contribution in [1.82, 2.24) is 9.88 Å². The lowest BCUT2D eigenvalue weighted by molar-refractivity contribution is 0.0573. The van der Waals surface area contributed by atoms with E-state index in [-0.39, 0.29) is 24.4 Å². The molecule has 1 amide bonds. The summed E-state index contributed by atoms with van der Waals surface area (Å²) in [4.78, 5) is 17.3. The van der Waals surface area contributed by atoms with Crippen LogP contribution in [-0.2, 0) is 0 Å². The molecule has 102 valence electrons. The van der Waals surface area contributed by atoms with Crippen molar-refractivity contribution in [1.29, 1.82) is 0 Å². The Morgan fingerprint density at radius 1 is 1.56 bits per heavy atom. The zero-order chi connectivity index (χ0) is 12.4. The molecule has 0 saturated carbocycles. The number of H-pyrrole nitrogens is 1. The van der Waals surface area contributed by atoms with Gasteiger partial charge in [0.1, 0.15) is 0 Å². The van der Waals surface area contributed by atoms with Gasteiger partial charge in [-0.2, -0.15) is 0 Å². The van der Waals surface area contributed by atoms with Crippen molar-refractivity contribution in [2.45, 2.75) is 32.7 Å². The van der Waals surface area contributed by atoms with Crippen LogP contribution >= 0.6 is 12.4 Å². The van der Waals surface area contributed by atoms with Gasteiger partial charge in [-0.3, -0.25) is 4.79 Å². The van der Waals surface area contributed by atoms with Crippen LogP contribution in [0.2, 0.25) is 0 Å². The Morgan fingerprint density at radius 2 is 2.28 bits per heavy atom. The molecule has 1 aliphatic heterocycles. The Hall–Kier alpha value is -1.00. The summed E-state index contributed by atoms with van der Waals surface area (Å²) in [7, 11) is 0. The highest BCUT2D eigenvalue weighted by Crippen LogP contribution is 2.24. The van der Waals surface area contributed by atoms with Gasteiger partial charge in [0, 0.05) is 31.5 Å². The number of amides is 1. The fraction of sp³-hybridized carbons (Fsp3) is 0.615. The molecule has 0 spiro atoms. The zero-order valence-electron chi connectivity index (χ0n) is 11.0. The van der Waals surface area contributed by atoms with Crippen LogP contribution in [0.4, 0.5) is 0 Å².